The summed E-state index contributed by atoms with van der Waals surface area (Å²) in [6, 6.07) is 15.2. The fourth-order valence-electron chi connectivity index (χ4n) is 2.70. The number of rotatable bonds is 4. The largest absolute Gasteiger partial charge is 0.492 e. The van der Waals surface area contributed by atoms with E-state index in [0.717, 1.165) is 38.5 Å². The number of nitrogens with zero attached hydrogens (tertiary/aromatic N) is 1. The van der Waals surface area contributed by atoms with Gasteiger partial charge in [0.2, 0.25) is 0 Å². The van der Waals surface area contributed by atoms with E-state index in [4.69, 9.17) is 4.74 Å². The molecule has 1 aliphatic rings. The first kappa shape index (κ1) is 13.4. The molecule has 1 heterocycles. The molecular formula is C17H22N2O. The molecule has 1 saturated heterocycles. The van der Waals surface area contributed by atoms with Crippen LogP contribution < -0.4 is 10.1 Å². The topological polar surface area (TPSA) is 24.5 Å². The maximum Gasteiger partial charge on any atom is 0.120 e. The summed E-state index contributed by atoms with van der Waals surface area (Å²) in [4.78, 5) is 2.48. The summed E-state index contributed by atoms with van der Waals surface area (Å²) in [5.74, 6) is 0.964. The monoisotopic (exact) mass is 270 g/mol. The molecule has 3 rings (SSSR count). The summed E-state index contributed by atoms with van der Waals surface area (Å²) < 4.78 is 5.97. The molecule has 20 heavy (non-hydrogen) atoms. The van der Waals surface area contributed by atoms with Gasteiger partial charge in [-0.3, -0.25) is 4.90 Å². The van der Waals surface area contributed by atoms with Gasteiger partial charge in [-0.2, -0.15) is 0 Å². The fourth-order valence-corrected chi connectivity index (χ4v) is 2.70. The molecule has 1 aliphatic heterocycles. The van der Waals surface area contributed by atoms with E-state index in [2.05, 4.69) is 59.6 Å². The van der Waals surface area contributed by atoms with E-state index in [1.807, 2.05) is 0 Å². The summed E-state index contributed by atoms with van der Waals surface area (Å²) in [5, 5.41) is 5.88. The van der Waals surface area contributed by atoms with Crippen molar-refractivity contribution in [2.75, 3.05) is 32.8 Å². The number of piperazine rings is 1. The van der Waals surface area contributed by atoms with Gasteiger partial charge in [0.25, 0.3) is 0 Å². The first-order valence-corrected chi connectivity index (χ1v) is 7.39. The maximum absolute atomic E-state index is 5.97. The number of hydrogen-bond donors (Lipinski definition) is 1. The Morgan fingerprint density at radius 1 is 1.10 bits per heavy atom. The Hall–Kier alpha value is -1.58. The van der Waals surface area contributed by atoms with Crippen LogP contribution in [0, 0.1) is 0 Å². The fraction of sp³-hybridized carbons (Fsp3) is 0.412. The Bertz CT molecular complexity index is 564. The van der Waals surface area contributed by atoms with Crippen LogP contribution >= 0.6 is 0 Å². The lowest BCUT2D eigenvalue weighted by Gasteiger charge is -2.32. The minimum atomic E-state index is 0.462. The van der Waals surface area contributed by atoms with Gasteiger partial charge < -0.3 is 10.1 Å². The van der Waals surface area contributed by atoms with Crippen LogP contribution in [0.25, 0.3) is 10.8 Å². The standard InChI is InChI=1S/C17H22N2O/c1-14(19-10-8-18-9-11-19)13-20-17-7-6-15-4-2-3-5-16(15)12-17/h2-7,12,14,18H,8-11,13H2,1H3. The van der Waals surface area contributed by atoms with Crippen molar-refractivity contribution in [3.05, 3.63) is 42.5 Å². The van der Waals surface area contributed by atoms with Gasteiger partial charge in [-0.25, -0.2) is 0 Å². The van der Waals surface area contributed by atoms with Crippen molar-refractivity contribution in [3.8, 4) is 5.75 Å². The molecule has 2 aromatic carbocycles. The lowest BCUT2D eigenvalue weighted by Crippen LogP contribution is -2.49. The summed E-state index contributed by atoms with van der Waals surface area (Å²) in [7, 11) is 0. The molecule has 0 aromatic heterocycles. The van der Waals surface area contributed by atoms with Crippen LogP contribution in [-0.2, 0) is 0 Å². The van der Waals surface area contributed by atoms with Gasteiger partial charge in [0.1, 0.15) is 12.4 Å². The zero-order valence-electron chi connectivity index (χ0n) is 12.0. The van der Waals surface area contributed by atoms with E-state index in [-0.39, 0.29) is 0 Å². The third kappa shape index (κ3) is 3.11. The van der Waals surface area contributed by atoms with Gasteiger partial charge in [-0.1, -0.05) is 30.3 Å². The lowest BCUT2D eigenvalue weighted by molar-refractivity contribution is 0.132. The average molecular weight is 270 g/mol. The van der Waals surface area contributed by atoms with E-state index in [1.54, 1.807) is 0 Å². The van der Waals surface area contributed by atoms with Crippen LogP contribution in [0.5, 0.6) is 5.75 Å². The SMILES string of the molecule is CC(COc1ccc2ccccc2c1)N1CCNCC1. The molecule has 0 spiro atoms. The highest BCUT2D eigenvalue weighted by Gasteiger charge is 2.16. The summed E-state index contributed by atoms with van der Waals surface area (Å²) in [5.41, 5.74) is 0. The van der Waals surface area contributed by atoms with E-state index < -0.39 is 0 Å². The molecule has 0 radical (unpaired) electrons. The zero-order valence-corrected chi connectivity index (χ0v) is 12.0. The number of ether oxygens (including phenoxy) is 1. The predicted molar refractivity (Wildman–Crippen MR) is 83.3 cm³/mol. The average Bonchev–Trinajstić information content (AvgIpc) is 2.53. The molecule has 0 bridgehead atoms. The van der Waals surface area contributed by atoms with Crippen molar-refractivity contribution >= 4 is 10.8 Å². The molecule has 3 nitrogen and oxygen atoms in total. The molecule has 3 heteroatoms. The van der Waals surface area contributed by atoms with Crippen LogP contribution in [0.15, 0.2) is 42.5 Å². The quantitative estimate of drug-likeness (QED) is 0.924. The molecular weight excluding hydrogens is 248 g/mol. The number of hydrogen-bond acceptors (Lipinski definition) is 3. The molecule has 1 fully saturated rings. The van der Waals surface area contributed by atoms with Crippen LogP contribution in [0.2, 0.25) is 0 Å². The third-order valence-electron chi connectivity index (χ3n) is 3.99. The highest BCUT2D eigenvalue weighted by Crippen LogP contribution is 2.20. The summed E-state index contributed by atoms with van der Waals surface area (Å²) >= 11 is 0. The van der Waals surface area contributed by atoms with Crippen LogP contribution in [0.4, 0.5) is 0 Å². The number of benzene rings is 2. The first-order valence-electron chi connectivity index (χ1n) is 7.39. The Morgan fingerprint density at radius 3 is 2.65 bits per heavy atom. The Kier molecular flexibility index (Phi) is 4.19. The second kappa shape index (κ2) is 6.25. The molecule has 1 unspecified atom stereocenters. The number of fused-ring (bicyclic) bond motifs is 1. The van der Waals surface area contributed by atoms with E-state index >= 15 is 0 Å². The first-order chi connectivity index (χ1) is 9.83. The Balaban J connectivity index is 1.61. The smallest absolute Gasteiger partial charge is 0.120 e. The van der Waals surface area contributed by atoms with Gasteiger partial charge in [0.15, 0.2) is 0 Å². The van der Waals surface area contributed by atoms with Crippen LogP contribution in [0.3, 0.4) is 0 Å². The lowest BCUT2D eigenvalue weighted by atomic mass is 10.1. The molecule has 0 aliphatic carbocycles. The van der Waals surface area contributed by atoms with E-state index in [0.29, 0.717) is 6.04 Å². The number of nitrogens with one attached hydrogen (secondary N) is 1. The Morgan fingerprint density at radius 2 is 1.85 bits per heavy atom. The van der Waals surface area contributed by atoms with Gasteiger partial charge in [-0.05, 0) is 29.8 Å². The third-order valence-corrected chi connectivity index (χ3v) is 3.99. The van der Waals surface area contributed by atoms with Crippen LogP contribution in [-0.4, -0.2) is 43.7 Å². The van der Waals surface area contributed by atoms with Crippen LogP contribution in [0.1, 0.15) is 6.92 Å². The molecule has 106 valence electrons. The normalized spacial score (nSPS) is 18.1. The molecule has 0 amide bonds. The van der Waals surface area contributed by atoms with Crippen molar-refractivity contribution in [2.24, 2.45) is 0 Å². The molecule has 2 aromatic rings. The van der Waals surface area contributed by atoms with Gasteiger partial charge in [-0.15, -0.1) is 0 Å². The van der Waals surface area contributed by atoms with Crippen molar-refractivity contribution in [1.82, 2.24) is 10.2 Å². The highest BCUT2D eigenvalue weighted by atomic mass is 16.5. The predicted octanol–water partition coefficient (Wildman–Crippen LogP) is 2.51. The van der Waals surface area contributed by atoms with E-state index in [1.165, 1.54) is 10.8 Å². The summed E-state index contributed by atoms with van der Waals surface area (Å²) in [6.45, 7) is 7.38. The molecule has 1 N–H and O–H groups in total. The van der Waals surface area contributed by atoms with Crippen molar-refractivity contribution in [2.45, 2.75) is 13.0 Å². The van der Waals surface area contributed by atoms with Gasteiger partial charge in [0, 0.05) is 32.2 Å². The second-order valence-electron chi connectivity index (χ2n) is 5.45. The zero-order chi connectivity index (χ0) is 13.8. The van der Waals surface area contributed by atoms with Gasteiger partial charge in [0.05, 0.1) is 0 Å². The molecule has 0 saturated carbocycles. The van der Waals surface area contributed by atoms with Crippen molar-refractivity contribution in [1.29, 1.82) is 0 Å². The molecule has 1 atom stereocenters. The second-order valence-corrected chi connectivity index (χ2v) is 5.45. The Labute approximate surface area is 120 Å². The minimum Gasteiger partial charge on any atom is -0.492 e. The minimum absolute atomic E-state index is 0.462. The maximum atomic E-state index is 5.97. The van der Waals surface area contributed by atoms with E-state index in [9.17, 15) is 0 Å². The van der Waals surface area contributed by atoms with Gasteiger partial charge >= 0.3 is 0 Å². The van der Waals surface area contributed by atoms with Crippen molar-refractivity contribution in [3.63, 3.8) is 0 Å². The summed E-state index contributed by atoms with van der Waals surface area (Å²) in [6.07, 6.45) is 0. The highest BCUT2D eigenvalue weighted by molar-refractivity contribution is 5.83. The van der Waals surface area contributed by atoms with Crippen molar-refractivity contribution < 1.29 is 4.74 Å².